The average Bonchev–Trinajstić information content (AvgIpc) is 3.26. The van der Waals surface area contributed by atoms with Crippen molar-refractivity contribution in [2.45, 2.75) is 13.5 Å². The number of nitrogens with zero attached hydrogens (tertiary/aromatic N) is 8. The number of carbonyl (C=O) groups excluding carboxylic acids is 1. The maximum Gasteiger partial charge on any atom is 0.277 e. The van der Waals surface area contributed by atoms with Gasteiger partial charge in [0.1, 0.15) is 5.82 Å². The Morgan fingerprint density at radius 1 is 1.19 bits per heavy atom. The van der Waals surface area contributed by atoms with Crippen molar-refractivity contribution in [1.29, 1.82) is 0 Å². The van der Waals surface area contributed by atoms with E-state index in [0.29, 0.717) is 73.7 Å². The number of hydroxylamine groups is 1. The van der Waals surface area contributed by atoms with Gasteiger partial charge in [-0.3, -0.25) is 14.8 Å². The zero-order chi connectivity index (χ0) is 25.9. The van der Waals surface area contributed by atoms with E-state index in [1.807, 2.05) is 23.4 Å². The lowest BCUT2D eigenvalue weighted by molar-refractivity contribution is 0.0705. The van der Waals surface area contributed by atoms with Crippen LogP contribution in [0.3, 0.4) is 0 Å². The molecule has 5 heterocycles. The second kappa shape index (κ2) is 10.3. The van der Waals surface area contributed by atoms with Crippen LogP contribution in [-0.4, -0.2) is 78.4 Å². The van der Waals surface area contributed by atoms with Crippen molar-refractivity contribution in [1.82, 2.24) is 40.0 Å². The lowest BCUT2D eigenvalue weighted by Crippen LogP contribution is -2.37. The molecule has 14 nitrogen and oxygen atoms in total. The first-order valence-electron chi connectivity index (χ1n) is 11.7. The van der Waals surface area contributed by atoms with Crippen molar-refractivity contribution < 1.29 is 14.7 Å². The summed E-state index contributed by atoms with van der Waals surface area (Å²) in [5.74, 6) is 1.64. The van der Waals surface area contributed by atoms with E-state index in [9.17, 15) is 9.59 Å². The lowest BCUT2D eigenvalue weighted by atomic mass is 10.2. The predicted molar refractivity (Wildman–Crippen MR) is 133 cm³/mol. The Hall–Kier alpha value is -4.43. The Balaban J connectivity index is 1.55. The van der Waals surface area contributed by atoms with Crippen LogP contribution >= 0.6 is 0 Å². The van der Waals surface area contributed by atoms with Gasteiger partial charge in [0.2, 0.25) is 11.5 Å². The summed E-state index contributed by atoms with van der Waals surface area (Å²) < 4.78 is 7.44. The average molecular weight is 507 g/mol. The molecule has 1 saturated heterocycles. The van der Waals surface area contributed by atoms with Crippen molar-refractivity contribution in [2.75, 3.05) is 42.6 Å². The first kappa shape index (κ1) is 24.3. The molecule has 5 rings (SSSR count). The number of H-pyrrole nitrogens is 1. The van der Waals surface area contributed by atoms with E-state index in [2.05, 4.69) is 19.9 Å². The van der Waals surface area contributed by atoms with Crippen LogP contribution in [0.4, 0.5) is 11.8 Å². The number of hydrogen-bond acceptors (Lipinski definition) is 11. The van der Waals surface area contributed by atoms with Crippen LogP contribution in [0.1, 0.15) is 23.1 Å². The standard InChI is InChI=1S/C23H26N10O4/c1-3-32(23-25-11-15(12-26-23)22(35)30-36)13-16-27-18-20(31(16)2)28-19(14-4-5-17(34)24-10-14)29-21(18)33-6-8-37-9-7-33/h4-5,10-12,36H,3,6-9,13H2,1-2H3,(H,24,34)(H,30,35). The Morgan fingerprint density at radius 2 is 1.95 bits per heavy atom. The molecule has 0 saturated carbocycles. The molecule has 14 heteroatoms. The summed E-state index contributed by atoms with van der Waals surface area (Å²) in [6.45, 7) is 5.45. The first-order valence-corrected chi connectivity index (χ1v) is 11.7. The molecule has 1 aliphatic heterocycles. The van der Waals surface area contributed by atoms with E-state index in [0.717, 1.165) is 5.82 Å². The minimum absolute atomic E-state index is 0.144. The number of rotatable bonds is 7. The topological polar surface area (TPSA) is 167 Å². The van der Waals surface area contributed by atoms with Crippen LogP contribution in [0.2, 0.25) is 0 Å². The summed E-state index contributed by atoms with van der Waals surface area (Å²) in [5.41, 5.74) is 3.52. The highest BCUT2D eigenvalue weighted by Crippen LogP contribution is 2.28. The molecular weight excluding hydrogens is 480 g/mol. The van der Waals surface area contributed by atoms with Gasteiger partial charge in [0.15, 0.2) is 22.8 Å². The molecule has 1 fully saturated rings. The SMILES string of the molecule is CCN(Cc1nc2c(N3CCOCC3)nc(-c3ccc(=O)[nH]c3)nc2n1C)c1ncc(C(=O)NO)cn1. The van der Waals surface area contributed by atoms with Gasteiger partial charge in [0, 0.05) is 56.9 Å². The van der Waals surface area contributed by atoms with E-state index in [1.165, 1.54) is 18.5 Å². The molecule has 0 atom stereocenters. The Kier molecular flexibility index (Phi) is 6.74. The number of carbonyl (C=O) groups is 1. The fourth-order valence-electron chi connectivity index (χ4n) is 4.07. The van der Waals surface area contributed by atoms with Crippen molar-refractivity contribution in [2.24, 2.45) is 7.05 Å². The molecule has 0 unspecified atom stereocenters. The van der Waals surface area contributed by atoms with E-state index >= 15 is 0 Å². The number of imidazole rings is 1. The highest BCUT2D eigenvalue weighted by Gasteiger charge is 2.23. The third kappa shape index (κ3) is 4.83. The summed E-state index contributed by atoms with van der Waals surface area (Å²) in [4.78, 5) is 53.0. The van der Waals surface area contributed by atoms with Crippen LogP contribution in [0.15, 0.2) is 35.5 Å². The van der Waals surface area contributed by atoms with Gasteiger partial charge in [-0.1, -0.05) is 0 Å². The number of aromatic nitrogens is 7. The molecule has 0 spiro atoms. The third-order valence-electron chi connectivity index (χ3n) is 6.14. The summed E-state index contributed by atoms with van der Waals surface area (Å²) in [5, 5.41) is 8.81. The summed E-state index contributed by atoms with van der Waals surface area (Å²) >= 11 is 0. The minimum atomic E-state index is -0.683. The molecule has 4 aromatic heterocycles. The molecule has 1 amide bonds. The van der Waals surface area contributed by atoms with E-state index in [-0.39, 0.29) is 11.1 Å². The number of ether oxygens (including phenoxy) is 1. The number of fused-ring (bicyclic) bond motifs is 1. The number of nitrogens with one attached hydrogen (secondary N) is 2. The van der Waals surface area contributed by atoms with Crippen LogP contribution in [0, 0.1) is 0 Å². The number of hydrogen-bond donors (Lipinski definition) is 3. The Labute approximate surface area is 210 Å². The Morgan fingerprint density at radius 3 is 2.59 bits per heavy atom. The highest BCUT2D eigenvalue weighted by molar-refractivity contribution is 5.92. The van der Waals surface area contributed by atoms with Crippen molar-refractivity contribution in [3.63, 3.8) is 0 Å². The number of anilines is 2. The second-order valence-electron chi connectivity index (χ2n) is 8.40. The number of aryl methyl sites for hydroxylation is 1. The molecule has 4 aromatic rings. The molecule has 192 valence electrons. The van der Waals surface area contributed by atoms with Gasteiger partial charge in [-0.05, 0) is 13.0 Å². The van der Waals surface area contributed by atoms with Gasteiger partial charge in [-0.15, -0.1) is 0 Å². The molecule has 3 N–H and O–H groups in total. The second-order valence-corrected chi connectivity index (χ2v) is 8.40. The molecule has 1 aliphatic rings. The van der Waals surface area contributed by atoms with Crippen molar-refractivity contribution in [3.8, 4) is 11.4 Å². The maximum atomic E-state index is 11.6. The van der Waals surface area contributed by atoms with E-state index < -0.39 is 5.91 Å². The summed E-state index contributed by atoms with van der Waals surface area (Å²) in [7, 11) is 1.89. The molecule has 0 aliphatic carbocycles. The van der Waals surface area contributed by atoms with Crippen LogP contribution in [-0.2, 0) is 18.3 Å². The number of aromatic amines is 1. The monoisotopic (exact) mass is 506 g/mol. The van der Waals surface area contributed by atoms with Crippen LogP contribution in [0.25, 0.3) is 22.6 Å². The van der Waals surface area contributed by atoms with Gasteiger partial charge >= 0.3 is 0 Å². The normalized spacial score (nSPS) is 13.6. The number of pyridine rings is 1. The number of morpholine rings is 1. The smallest absolute Gasteiger partial charge is 0.277 e. The minimum Gasteiger partial charge on any atom is -0.378 e. The molecular formula is C23H26N10O4. The largest absolute Gasteiger partial charge is 0.378 e. The molecule has 0 radical (unpaired) electrons. The molecule has 0 bridgehead atoms. The zero-order valence-electron chi connectivity index (χ0n) is 20.4. The van der Waals surface area contributed by atoms with Gasteiger partial charge in [0.25, 0.3) is 5.91 Å². The Bertz CT molecular complexity index is 1460. The third-order valence-corrected chi connectivity index (χ3v) is 6.14. The predicted octanol–water partition coefficient (Wildman–Crippen LogP) is 0.491. The van der Waals surface area contributed by atoms with Crippen LogP contribution < -0.4 is 20.8 Å². The van der Waals surface area contributed by atoms with Crippen molar-refractivity contribution in [3.05, 3.63) is 52.5 Å². The van der Waals surface area contributed by atoms with Gasteiger partial charge in [-0.2, -0.15) is 0 Å². The maximum absolute atomic E-state index is 11.6. The fraction of sp³-hybridized carbons (Fsp3) is 0.348. The van der Waals surface area contributed by atoms with Crippen LogP contribution in [0.5, 0.6) is 0 Å². The molecule has 0 aromatic carbocycles. The molecule has 37 heavy (non-hydrogen) atoms. The summed E-state index contributed by atoms with van der Waals surface area (Å²) in [6.07, 6.45) is 4.30. The van der Waals surface area contributed by atoms with Gasteiger partial charge in [-0.25, -0.2) is 30.4 Å². The number of amides is 1. The highest BCUT2D eigenvalue weighted by atomic mass is 16.5. The summed E-state index contributed by atoms with van der Waals surface area (Å²) in [6, 6.07) is 3.14. The van der Waals surface area contributed by atoms with Gasteiger partial charge in [0.05, 0.1) is 25.3 Å². The van der Waals surface area contributed by atoms with Crippen molar-refractivity contribution >= 4 is 28.8 Å². The fourth-order valence-corrected chi connectivity index (χ4v) is 4.07. The van der Waals surface area contributed by atoms with E-state index in [4.69, 9.17) is 24.9 Å². The zero-order valence-corrected chi connectivity index (χ0v) is 20.4. The quantitative estimate of drug-likeness (QED) is 0.236. The lowest BCUT2D eigenvalue weighted by Gasteiger charge is -2.28. The van der Waals surface area contributed by atoms with Gasteiger partial charge < -0.3 is 24.1 Å². The van der Waals surface area contributed by atoms with E-state index in [1.54, 1.807) is 17.7 Å². The first-order chi connectivity index (χ1) is 18.0.